The van der Waals surface area contributed by atoms with Gasteiger partial charge in [-0.05, 0) is 49.2 Å². The molecule has 2 aliphatic rings. The molecule has 0 radical (unpaired) electrons. The maximum Gasteiger partial charge on any atom is 0.418 e. The fraction of sp³-hybridized carbons (Fsp3) is 0.364. The number of carbonyl (C=O) groups is 2. The summed E-state index contributed by atoms with van der Waals surface area (Å²) in [5.74, 6) is 0.272. The second-order valence-electron chi connectivity index (χ2n) is 7.78. The molecule has 0 atom stereocenters. The number of carbonyl (C=O) groups excluding carboxylic acids is 2. The first-order chi connectivity index (χ1) is 15.9. The SMILES string of the molecule is Nc1ccc2c(c1)NC(=O)CO2.O=CC1CCN(c2cc(C(F)(F)F)ccc2C(F)(F)F)CC1. The van der Waals surface area contributed by atoms with Gasteiger partial charge in [-0.2, -0.15) is 26.3 Å². The largest absolute Gasteiger partial charge is 0.482 e. The number of nitrogens with one attached hydrogen (secondary N) is 1. The Morgan fingerprint density at radius 1 is 1.00 bits per heavy atom. The number of piperidine rings is 1. The highest BCUT2D eigenvalue weighted by Crippen LogP contribution is 2.41. The Morgan fingerprint density at radius 2 is 1.68 bits per heavy atom. The van der Waals surface area contributed by atoms with E-state index in [1.54, 1.807) is 18.2 Å². The molecule has 34 heavy (non-hydrogen) atoms. The van der Waals surface area contributed by atoms with Crippen LogP contribution in [0.3, 0.4) is 0 Å². The Hall–Kier alpha value is -3.44. The zero-order chi connectivity index (χ0) is 25.1. The molecule has 0 aliphatic carbocycles. The van der Waals surface area contributed by atoms with Crippen LogP contribution in [0.4, 0.5) is 43.4 Å². The van der Waals surface area contributed by atoms with Crippen molar-refractivity contribution in [2.75, 3.05) is 35.6 Å². The van der Waals surface area contributed by atoms with Crippen molar-refractivity contribution in [3.63, 3.8) is 0 Å². The molecule has 0 bridgehead atoms. The molecule has 1 fully saturated rings. The summed E-state index contributed by atoms with van der Waals surface area (Å²) >= 11 is 0. The molecular formula is C22H21F6N3O3. The summed E-state index contributed by atoms with van der Waals surface area (Å²) < 4.78 is 82.4. The third kappa shape index (κ3) is 6.12. The molecule has 0 saturated carbocycles. The lowest BCUT2D eigenvalue weighted by Gasteiger charge is -2.33. The lowest BCUT2D eigenvalue weighted by Crippen LogP contribution is -2.35. The van der Waals surface area contributed by atoms with Crippen molar-refractivity contribution >= 4 is 29.3 Å². The van der Waals surface area contributed by atoms with Gasteiger partial charge in [0.15, 0.2) is 6.61 Å². The number of amides is 1. The highest BCUT2D eigenvalue weighted by Gasteiger charge is 2.38. The minimum Gasteiger partial charge on any atom is -0.482 e. The molecule has 184 valence electrons. The summed E-state index contributed by atoms with van der Waals surface area (Å²) in [6.45, 7) is 0.318. The van der Waals surface area contributed by atoms with Crippen LogP contribution in [0.5, 0.6) is 5.75 Å². The Kier molecular flexibility index (Phi) is 7.27. The number of hydrogen-bond donors (Lipinski definition) is 2. The topological polar surface area (TPSA) is 84.7 Å². The molecule has 2 aromatic carbocycles. The monoisotopic (exact) mass is 489 g/mol. The average molecular weight is 489 g/mol. The number of anilines is 3. The predicted molar refractivity (Wildman–Crippen MR) is 112 cm³/mol. The fourth-order valence-electron chi connectivity index (χ4n) is 3.59. The van der Waals surface area contributed by atoms with Crippen LogP contribution in [-0.4, -0.2) is 31.9 Å². The third-order valence-corrected chi connectivity index (χ3v) is 5.34. The van der Waals surface area contributed by atoms with Gasteiger partial charge in [-0.3, -0.25) is 4.79 Å². The first kappa shape index (κ1) is 25.2. The molecule has 2 heterocycles. The van der Waals surface area contributed by atoms with Crippen LogP contribution in [0.1, 0.15) is 24.0 Å². The number of hydrogen-bond acceptors (Lipinski definition) is 5. The molecule has 3 N–H and O–H groups in total. The van der Waals surface area contributed by atoms with Crippen molar-refractivity contribution in [1.29, 1.82) is 0 Å². The summed E-state index contributed by atoms with van der Waals surface area (Å²) in [5, 5.41) is 2.66. The third-order valence-electron chi connectivity index (χ3n) is 5.34. The Labute approximate surface area is 190 Å². The zero-order valence-electron chi connectivity index (χ0n) is 17.7. The molecule has 2 aliphatic heterocycles. The number of halogens is 6. The lowest BCUT2D eigenvalue weighted by molar-refractivity contribution is -0.141. The molecule has 1 amide bonds. The van der Waals surface area contributed by atoms with E-state index < -0.39 is 29.2 Å². The summed E-state index contributed by atoms with van der Waals surface area (Å²) in [6.07, 6.45) is -8.05. The Balaban J connectivity index is 0.000000226. The van der Waals surface area contributed by atoms with Gasteiger partial charge < -0.3 is 25.5 Å². The molecular weight excluding hydrogens is 468 g/mol. The molecule has 2 aromatic rings. The van der Waals surface area contributed by atoms with Crippen LogP contribution in [0.15, 0.2) is 36.4 Å². The van der Waals surface area contributed by atoms with Crippen molar-refractivity contribution < 1.29 is 40.7 Å². The van der Waals surface area contributed by atoms with E-state index in [2.05, 4.69) is 5.32 Å². The number of aldehydes is 1. The van der Waals surface area contributed by atoms with E-state index >= 15 is 0 Å². The van der Waals surface area contributed by atoms with Gasteiger partial charge in [0.25, 0.3) is 5.91 Å². The maximum absolute atomic E-state index is 13.0. The van der Waals surface area contributed by atoms with E-state index in [1.807, 2.05) is 0 Å². The first-order valence-corrected chi connectivity index (χ1v) is 10.2. The van der Waals surface area contributed by atoms with Crippen LogP contribution in [0, 0.1) is 5.92 Å². The number of ether oxygens (including phenoxy) is 1. The normalized spacial score (nSPS) is 16.5. The van der Waals surface area contributed by atoms with Crippen molar-refractivity contribution in [3.8, 4) is 5.75 Å². The summed E-state index contributed by atoms with van der Waals surface area (Å²) in [5.41, 5.74) is 4.09. The minimum absolute atomic E-state index is 0.0803. The van der Waals surface area contributed by atoms with Gasteiger partial charge in [0.05, 0.1) is 16.8 Å². The van der Waals surface area contributed by atoms with E-state index in [0.29, 0.717) is 48.2 Å². The van der Waals surface area contributed by atoms with Gasteiger partial charge in [0, 0.05) is 30.4 Å². The molecule has 6 nitrogen and oxygen atoms in total. The smallest absolute Gasteiger partial charge is 0.418 e. The number of nitrogens with zero attached hydrogens (tertiary/aromatic N) is 1. The highest BCUT2D eigenvalue weighted by molar-refractivity contribution is 5.95. The molecule has 4 rings (SSSR count). The fourth-order valence-corrected chi connectivity index (χ4v) is 3.59. The lowest BCUT2D eigenvalue weighted by atomic mass is 9.97. The molecule has 0 spiro atoms. The average Bonchev–Trinajstić information content (AvgIpc) is 2.77. The number of rotatable bonds is 2. The summed E-state index contributed by atoms with van der Waals surface area (Å²) in [6, 6.07) is 6.57. The molecule has 1 saturated heterocycles. The van der Waals surface area contributed by atoms with Gasteiger partial charge in [-0.1, -0.05) is 0 Å². The van der Waals surface area contributed by atoms with Crippen molar-refractivity contribution in [3.05, 3.63) is 47.5 Å². The van der Waals surface area contributed by atoms with E-state index in [1.165, 1.54) is 4.90 Å². The number of alkyl halides is 6. The van der Waals surface area contributed by atoms with E-state index in [0.717, 1.165) is 6.29 Å². The zero-order valence-corrected chi connectivity index (χ0v) is 17.7. The van der Waals surface area contributed by atoms with Gasteiger partial charge in [0.1, 0.15) is 12.0 Å². The summed E-state index contributed by atoms with van der Waals surface area (Å²) in [4.78, 5) is 22.8. The quantitative estimate of drug-likeness (QED) is 0.362. The Bertz CT molecular complexity index is 1050. The van der Waals surface area contributed by atoms with Gasteiger partial charge in [0.2, 0.25) is 0 Å². The second kappa shape index (κ2) is 9.82. The maximum atomic E-state index is 13.0. The van der Waals surface area contributed by atoms with Crippen LogP contribution in [0.2, 0.25) is 0 Å². The van der Waals surface area contributed by atoms with Gasteiger partial charge in [-0.25, -0.2) is 0 Å². The van der Waals surface area contributed by atoms with Gasteiger partial charge >= 0.3 is 12.4 Å². The highest BCUT2D eigenvalue weighted by atomic mass is 19.4. The van der Waals surface area contributed by atoms with Crippen molar-refractivity contribution in [1.82, 2.24) is 0 Å². The first-order valence-electron chi connectivity index (χ1n) is 10.2. The predicted octanol–water partition coefficient (Wildman–Crippen LogP) is 4.74. The van der Waals surface area contributed by atoms with Crippen LogP contribution < -0.4 is 20.7 Å². The Morgan fingerprint density at radius 3 is 2.26 bits per heavy atom. The number of benzene rings is 2. The van der Waals surface area contributed by atoms with Gasteiger partial charge in [-0.15, -0.1) is 0 Å². The van der Waals surface area contributed by atoms with Crippen LogP contribution in [-0.2, 0) is 21.9 Å². The summed E-state index contributed by atoms with van der Waals surface area (Å²) in [7, 11) is 0. The minimum atomic E-state index is -4.74. The van der Waals surface area contributed by atoms with Crippen molar-refractivity contribution in [2.24, 2.45) is 5.92 Å². The van der Waals surface area contributed by atoms with E-state index in [-0.39, 0.29) is 31.5 Å². The van der Waals surface area contributed by atoms with E-state index in [4.69, 9.17) is 10.5 Å². The number of nitrogens with two attached hydrogens (primary N) is 1. The van der Waals surface area contributed by atoms with Crippen LogP contribution >= 0.6 is 0 Å². The second-order valence-corrected chi connectivity index (χ2v) is 7.78. The number of fused-ring (bicyclic) bond motifs is 1. The standard InChI is InChI=1S/C14H13F6NO.C8H8N2O2/c15-13(16,17)10-1-2-11(14(18,19)20)12(7-10)21-5-3-9(8-22)4-6-21;9-5-1-2-7-6(3-5)10-8(11)4-12-7/h1-2,7-9H,3-6H2;1-3H,4,9H2,(H,10,11). The molecule has 0 unspecified atom stereocenters. The molecule has 0 aromatic heterocycles. The van der Waals surface area contributed by atoms with Crippen molar-refractivity contribution in [2.45, 2.75) is 25.2 Å². The van der Waals surface area contributed by atoms with E-state index in [9.17, 15) is 35.9 Å². The molecule has 12 heteroatoms. The number of nitrogen functional groups attached to an aromatic ring is 1. The van der Waals surface area contributed by atoms with Crippen LogP contribution in [0.25, 0.3) is 0 Å².